The zero-order chi connectivity index (χ0) is 19.8. The molecule has 0 aromatic heterocycles. The van der Waals surface area contributed by atoms with Gasteiger partial charge in [0.2, 0.25) is 0 Å². The molecule has 0 aliphatic rings. The number of oxime groups is 1. The summed E-state index contributed by atoms with van der Waals surface area (Å²) in [6, 6.07) is 0. The van der Waals surface area contributed by atoms with Crippen LogP contribution in [0.15, 0.2) is 5.16 Å². The molecule has 0 saturated heterocycles. The molecule has 9 heteroatoms. The number of hydrogen-bond donors (Lipinski definition) is 0. The SMILES string of the molecule is CCCCCCCCCCOC(=O)N(C)SN(C)C(=O)O/N=C(\C)SC. The van der Waals surface area contributed by atoms with Crippen LogP contribution in [0.3, 0.4) is 0 Å². The number of hydrogen-bond acceptors (Lipinski definition) is 7. The molecule has 0 saturated carbocycles. The van der Waals surface area contributed by atoms with Crippen LogP contribution >= 0.6 is 23.9 Å². The molecular weight excluding hydrogens is 374 g/mol. The normalized spacial score (nSPS) is 11.2. The van der Waals surface area contributed by atoms with Crippen molar-refractivity contribution in [1.29, 1.82) is 0 Å². The number of nitrogens with zero attached hydrogens (tertiary/aromatic N) is 3. The quantitative estimate of drug-likeness (QED) is 0.106. The Balaban J connectivity index is 3.83. The number of carbonyl (C=O) groups excluding carboxylic acids is 2. The van der Waals surface area contributed by atoms with Gasteiger partial charge in [-0.2, -0.15) is 0 Å². The summed E-state index contributed by atoms with van der Waals surface area (Å²) < 4.78 is 7.62. The fourth-order valence-corrected chi connectivity index (χ4v) is 2.63. The van der Waals surface area contributed by atoms with E-state index in [2.05, 4.69) is 12.1 Å². The fraction of sp³-hybridized carbons (Fsp3) is 0.824. The van der Waals surface area contributed by atoms with Gasteiger partial charge in [0.25, 0.3) is 0 Å². The van der Waals surface area contributed by atoms with E-state index in [9.17, 15) is 9.59 Å². The molecule has 0 unspecified atom stereocenters. The molecule has 0 fully saturated rings. The molecule has 7 nitrogen and oxygen atoms in total. The summed E-state index contributed by atoms with van der Waals surface area (Å²) in [6.45, 7) is 4.34. The zero-order valence-electron chi connectivity index (χ0n) is 16.7. The molecule has 0 radical (unpaired) electrons. The molecule has 0 bridgehead atoms. The molecule has 0 aliphatic heterocycles. The van der Waals surface area contributed by atoms with E-state index in [0.29, 0.717) is 11.7 Å². The Kier molecular flexibility index (Phi) is 15.4. The first-order chi connectivity index (χ1) is 12.4. The second-order valence-electron chi connectivity index (χ2n) is 5.84. The minimum Gasteiger partial charge on any atom is -0.449 e. The van der Waals surface area contributed by atoms with E-state index in [4.69, 9.17) is 9.57 Å². The molecule has 0 aromatic carbocycles. The summed E-state index contributed by atoms with van der Waals surface area (Å²) in [5, 5.41) is 4.29. The van der Waals surface area contributed by atoms with Gasteiger partial charge in [-0.25, -0.2) is 18.2 Å². The summed E-state index contributed by atoms with van der Waals surface area (Å²) in [7, 11) is 3.04. The average Bonchev–Trinajstić information content (AvgIpc) is 2.63. The number of carbonyl (C=O) groups is 2. The van der Waals surface area contributed by atoms with Crippen LogP contribution < -0.4 is 0 Å². The number of unbranched alkanes of at least 4 members (excludes halogenated alkanes) is 7. The summed E-state index contributed by atoms with van der Waals surface area (Å²) >= 11 is 2.28. The molecule has 0 aromatic rings. The summed E-state index contributed by atoms with van der Waals surface area (Å²) in [5.74, 6) is 0. The molecule has 0 N–H and O–H groups in total. The van der Waals surface area contributed by atoms with E-state index >= 15 is 0 Å². The maximum atomic E-state index is 11.9. The van der Waals surface area contributed by atoms with Crippen LogP contribution in [0, 0.1) is 0 Å². The van der Waals surface area contributed by atoms with Crippen LogP contribution in [0.5, 0.6) is 0 Å². The van der Waals surface area contributed by atoms with Crippen molar-refractivity contribution in [3.05, 3.63) is 0 Å². The smallest absolute Gasteiger partial charge is 0.447 e. The highest BCUT2D eigenvalue weighted by atomic mass is 32.2. The Morgan fingerprint density at radius 3 is 2.04 bits per heavy atom. The molecular formula is C17H33N3O4S2. The third kappa shape index (κ3) is 13.2. The van der Waals surface area contributed by atoms with Crippen LogP contribution in [0.2, 0.25) is 0 Å². The lowest BCUT2D eigenvalue weighted by atomic mass is 10.1. The van der Waals surface area contributed by atoms with Gasteiger partial charge in [-0.3, -0.25) is 4.84 Å². The molecule has 0 atom stereocenters. The summed E-state index contributed by atoms with van der Waals surface area (Å²) in [4.78, 5) is 28.4. The van der Waals surface area contributed by atoms with Gasteiger partial charge < -0.3 is 4.74 Å². The first-order valence-electron chi connectivity index (χ1n) is 9.04. The van der Waals surface area contributed by atoms with E-state index in [0.717, 1.165) is 25.0 Å². The maximum Gasteiger partial charge on any atom is 0.447 e. The minimum absolute atomic E-state index is 0.393. The van der Waals surface area contributed by atoms with Gasteiger partial charge in [0.15, 0.2) is 0 Å². The van der Waals surface area contributed by atoms with Crippen molar-refractivity contribution in [2.45, 2.75) is 65.2 Å². The maximum absolute atomic E-state index is 11.9. The molecule has 2 amide bonds. The van der Waals surface area contributed by atoms with Crippen LogP contribution in [-0.4, -0.2) is 52.8 Å². The van der Waals surface area contributed by atoms with E-state index < -0.39 is 12.2 Å². The molecule has 26 heavy (non-hydrogen) atoms. The second kappa shape index (κ2) is 16.1. The number of thioether (sulfide) groups is 1. The first-order valence-corrected chi connectivity index (χ1v) is 11.0. The van der Waals surface area contributed by atoms with E-state index in [1.54, 1.807) is 14.0 Å². The van der Waals surface area contributed by atoms with Crippen LogP contribution in [0.1, 0.15) is 65.2 Å². The zero-order valence-corrected chi connectivity index (χ0v) is 18.3. The largest absolute Gasteiger partial charge is 0.449 e. The predicted octanol–water partition coefficient (Wildman–Crippen LogP) is 5.52. The van der Waals surface area contributed by atoms with E-state index in [-0.39, 0.29) is 0 Å². The van der Waals surface area contributed by atoms with Gasteiger partial charge in [0.05, 0.1) is 18.7 Å². The van der Waals surface area contributed by atoms with Crippen molar-refractivity contribution in [2.75, 3.05) is 27.0 Å². The van der Waals surface area contributed by atoms with E-state index in [1.165, 1.54) is 65.9 Å². The van der Waals surface area contributed by atoms with Gasteiger partial charge >= 0.3 is 12.2 Å². The fourth-order valence-electron chi connectivity index (χ4n) is 1.93. The third-order valence-electron chi connectivity index (χ3n) is 3.53. The van der Waals surface area contributed by atoms with Gasteiger partial charge in [-0.05, 0) is 19.6 Å². The van der Waals surface area contributed by atoms with Crippen LogP contribution in [0.4, 0.5) is 9.59 Å². The van der Waals surface area contributed by atoms with Crippen molar-refractivity contribution < 1.29 is 19.2 Å². The Morgan fingerprint density at radius 2 is 1.46 bits per heavy atom. The van der Waals surface area contributed by atoms with Gasteiger partial charge in [0, 0.05) is 14.1 Å². The number of rotatable bonds is 12. The topological polar surface area (TPSA) is 71.4 Å². The highest BCUT2D eigenvalue weighted by Crippen LogP contribution is 2.15. The van der Waals surface area contributed by atoms with Crippen molar-refractivity contribution in [1.82, 2.24) is 8.61 Å². The molecule has 0 spiro atoms. The predicted molar refractivity (Wildman–Crippen MR) is 110 cm³/mol. The van der Waals surface area contributed by atoms with E-state index in [1.807, 2.05) is 6.26 Å². The third-order valence-corrected chi connectivity index (χ3v) is 4.98. The Morgan fingerprint density at radius 1 is 0.923 bits per heavy atom. The van der Waals surface area contributed by atoms with Gasteiger partial charge in [-0.15, -0.1) is 11.8 Å². The summed E-state index contributed by atoms with van der Waals surface area (Å²) in [6.07, 6.45) is 10.2. The lowest BCUT2D eigenvalue weighted by Crippen LogP contribution is -2.29. The summed E-state index contributed by atoms with van der Waals surface area (Å²) in [5.41, 5.74) is 0. The van der Waals surface area contributed by atoms with Crippen molar-refractivity contribution in [3.8, 4) is 0 Å². The number of amides is 2. The van der Waals surface area contributed by atoms with Gasteiger partial charge in [0.1, 0.15) is 5.04 Å². The van der Waals surface area contributed by atoms with Crippen molar-refractivity contribution >= 4 is 41.1 Å². The Labute approximate surface area is 166 Å². The van der Waals surface area contributed by atoms with Gasteiger partial charge in [-0.1, -0.05) is 57.0 Å². The highest BCUT2D eigenvalue weighted by molar-refractivity contribution is 8.13. The molecule has 0 rings (SSSR count). The van der Waals surface area contributed by atoms with Crippen molar-refractivity contribution in [3.63, 3.8) is 0 Å². The Hall–Kier alpha value is -1.09. The van der Waals surface area contributed by atoms with Crippen molar-refractivity contribution in [2.24, 2.45) is 5.16 Å². The molecule has 0 aliphatic carbocycles. The average molecular weight is 408 g/mol. The highest BCUT2D eigenvalue weighted by Gasteiger charge is 2.19. The molecule has 0 heterocycles. The van der Waals surface area contributed by atoms with Crippen LogP contribution in [0.25, 0.3) is 0 Å². The lowest BCUT2D eigenvalue weighted by molar-refractivity contribution is 0.127. The van der Waals surface area contributed by atoms with Crippen LogP contribution in [-0.2, 0) is 9.57 Å². The minimum atomic E-state index is -0.661. The second-order valence-corrected chi connectivity index (χ2v) is 8.10. The standard InChI is InChI=1S/C17H33N3O4S2/c1-6-7-8-9-10-11-12-13-14-23-16(21)19(3)26-20(4)17(22)24-18-15(2)25-5/h6-14H2,1-5H3/b18-15+. The number of ether oxygens (including phenoxy) is 1. The lowest BCUT2D eigenvalue weighted by Gasteiger charge is -2.20. The Bertz CT molecular complexity index is 436. The first kappa shape index (κ1) is 24.9. The molecule has 152 valence electrons. The monoisotopic (exact) mass is 407 g/mol.